The summed E-state index contributed by atoms with van der Waals surface area (Å²) in [7, 11) is 0. The molecule has 0 saturated carbocycles. The highest BCUT2D eigenvalue weighted by Gasteiger charge is 2.12. The summed E-state index contributed by atoms with van der Waals surface area (Å²) in [5.41, 5.74) is 1.41. The quantitative estimate of drug-likeness (QED) is 0.719. The maximum atomic E-state index is 13.1. The fraction of sp³-hybridized carbons (Fsp3) is 0.0588. The number of hydrogen-bond donors (Lipinski definition) is 2. The average molecular weight is 374 g/mol. The Bertz CT molecular complexity index is 947. The van der Waals surface area contributed by atoms with Gasteiger partial charge in [-0.3, -0.25) is 14.6 Å². The summed E-state index contributed by atoms with van der Waals surface area (Å²) in [5.74, 6) is -3.36. The molecule has 0 atom stereocenters. The number of hydrogen-bond acceptors (Lipinski definition) is 5. The molecule has 2 N–H and O–H groups in total. The van der Waals surface area contributed by atoms with Crippen molar-refractivity contribution >= 4 is 28.3 Å². The number of thiazole rings is 1. The minimum Gasteiger partial charge on any atom is -0.343 e. The molecule has 0 aliphatic heterocycles. The number of carbonyl (C=O) groups is 2. The lowest BCUT2D eigenvalue weighted by Crippen LogP contribution is -2.32. The molecule has 9 heteroatoms. The zero-order valence-corrected chi connectivity index (χ0v) is 14.0. The van der Waals surface area contributed by atoms with E-state index >= 15 is 0 Å². The molecule has 0 radical (unpaired) electrons. The van der Waals surface area contributed by atoms with E-state index in [0.29, 0.717) is 10.8 Å². The van der Waals surface area contributed by atoms with Gasteiger partial charge in [-0.05, 0) is 30.3 Å². The molecular formula is C17H12F2N4O2S. The fourth-order valence-corrected chi connectivity index (χ4v) is 2.78. The molecule has 26 heavy (non-hydrogen) atoms. The lowest BCUT2D eigenvalue weighted by Gasteiger charge is -2.05. The van der Waals surface area contributed by atoms with E-state index in [9.17, 15) is 18.4 Å². The first kappa shape index (κ1) is 17.6. The van der Waals surface area contributed by atoms with Crippen molar-refractivity contribution in [2.24, 2.45) is 0 Å². The predicted molar refractivity (Wildman–Crippen MR) is 92.7 cm³/mol. The van der Waals surface area contributed by atoms with Crippen LogP contribution in [-0.2, 0) is 4.79 Å². The van der Waals surface area contributed by atoms with Crippen molar-refractivity contribution < 1.29 is 18.4 Å². The van der Waals surface area contributed by atoms with Crippen molar-refractivity contribution in [3.8, 4) is 11.3 Å². The molecule has 3 aromatic rings. The van der Waals surface area contributed by atoms with Crippen LogP contribution in [-0.4, -0.2) is 28.3 Å². The highest BCUT2D eigenvalue weighted by Crippen LogP contribution is 2.23. The molecular weight excluding hydrogens is 362 g/mol. The van der Waals surface area contributed by atoms with Crippen molar-refractivity contribution in [2.45, 2.75) is 0 Å². The van der Waals surface area contributed by atoms with Crippen LogP contribution >= 0.6 is 11.3 Å². The van der Waals surface area contributed by atoms with E-state index in [4.69, 9.17) is 0 Å². The molecule has 6 nitrogen and oxygen atoms in total. The van der Waals surface area contributed by atoms with Gasteiger partial charge in [0.05, 0.1) is 12.2 Å². The number of nitrogens with one attached hydrogen (secondary N) is 2. The molecule has 3 rings (SSSR count). The second-order valence-corrected chi connectivity index (χ2v) is 6.00. The van der Waals surface area contributed by atoms with E-state index in [2.05, 4.69) is 20.6 Å². The van der Waals surface area contributed by atoms with Gasteiger partial charge in [0.25, 0.3) is 5.91 Å². The third-order valence-corrected chi connectivity index (χ3v) is 4.06. The monoisotopic (exact) mass is 374 g/mol. The zero-order valence-electron chi connectivity index (χ0n) is 13.2. The van der Waals surface area contributed by atoms with E-state index in [0.717, 1.165) is 23.8 Å². The third kappa shape index (κ3) is 4.25. The molecule has 0 spiro atoms. The smallest absolute Gasteiger partial charge is 0.251 e. The van der Waals surface area contributed by atoms with Crippen LogP contribution in [0.25, 0.3) is 11.3 Å². The molecule has 0 saturated heterocycles. The van der Waals surface area contributed by atoms with Gasteiger partial charge in [0.1, 0.15) is 0 Å². The maximum Gasteiger partial charge on any atom is 0.251 e. The number of pyridine rings is 1. The number of rotatable bonds is 5. The number of anilines is 1. The van der Waals surface area contributed by atoms with Crippen molar-refractivity contribution in [3.05, 3.63) is 65.3 Å². The number of carbonyl (C=O) groups excluding carboxylic acids is 2. The number of aromatic nitrogens is 2. The van der Waals surface area contributed by atoms with Gasteiger partial charge >= 0.3 is 0 Å². The molecule has 2 heterocycles. The van der Waals surface area contributed by atoms with E-state index in [1.807, 2.05) is 6.07 Å². The summed E-state index contributed by atoms with van der Waals surface area (Å²) in [6, 6.07) is 6.37. The molecule has 0 aliphatic rings. The Morgan fingerprint density at radius 3 is 2.73 bits per heavy atom. The normalized spacial score (nSPS) is 10.4. The van der Waals surface area contributed by atoms with E-state index < -0.39 is 23.4 Å². The van der Waals surface area contributed by atoms with Crippen molar-refractivity contribution in [3.63, 3.8) is 0 Å². The van der Waals surface area contributed by atoms with E-state index in [1.165, 1.54) is 11.3 Å². The third-order valence-electron chi connectivity index (χ3n) is 3.30. The molecule has 0 fully saturated rings. The Balaban J connectivity index is 1.55. The summed E-state index contributed by atoms with van der Waals surface area (Å²) in [6.45, 7) is -0.334. The largest absolute Gasteiger partial charge is 0.343 e. The van der Waals surface area contributed by atoms with Crippen LogP contribution in [0.2, 0.25) is 0 Å². The fourth-order valence-electron chi connectivity index (χ4n) is 2.04. The standard InChI is InChI=1S/C17H12F2N4O2S/c18-12-4-3-10(6-13(12)19)16(25)21-8-15(24)23-17-22-14(9-26-17)11-2-1-5-20-7-11/h1-7,9H,8H2,(H,21,25)(H,22,23,24). The number of halogens is 2. The van der Waals surface area contributed by atoms with Gasteiger partial charge in [0, 0.05) is 28.9 Å². The molecule has 1 aromatic carbocycles. The van der Waals surface area contributed by atoms with E-state index in [1.54, 1.807) is 23.8 Å². The lowest BCUT2D eigenvalue weighted by molar-refractivity contribution is -0.115. The Morgan fingerprint density at radius 1 is 1.15 bits per heavy atom. The number of amides is 2. The SMILES string of the molecule is O=C(CNC(=O)c1ccc(F)c(F)c1)Nc1nc(-c2cccnc2)cs1. The zero-order chi connectivity index (χ0) is 18.5. The molecule has 132 valence electrons. The van der Waals surface area contributed by atoms with Crippen LogP contribution in [0.5, 0.6) is 0 Å². The minimum absolute atomic E-state index is 0.0789. The number of nitrogens with zero attached hydrogens (tertiary/aromatic N) is 2. The van der Waals surface area contributed by atoms with Crippen LogP contribution in [0.1, 0.15) is 10.4 Å². The van der Waals surface area contributed by atoms with Crippen molar-refractivity contribution in [1.29, 1.82) is 0 Å². The highest BCUT2D eigenvalue weighted by molar-refractivity contribution is 7.14. The molecule has 0 unspecified atom stereocenters. The summed E-state index contributed by atoms with van der Waals surface area (Å²) < 4.78 is 26.0. The molecule has 2 amide bonds. The van der Waals surface area contributed by atoms with Crippen molar-refractivity contribution in [1.82, 2.24) is 15.3 Å². The summed E-state index contributed by atoms with van der Waals surface area (Å²) in [6.07, 6.45) is 3.30. The number of benzene rings is 1. The minimum atomic E-state index is -1.13. The van der Waals surface area contributed by atoms with Gasteiger partial charge in [-0.1, -0.05) is 0 Å². The second kappa shape index (κ2) is 7.79. The summed E-state index contributed by atoms with van der Waals surface area (Å²) in [5, 5.41) is 7.03. The first-order chi connectivity index (χ1) is 12.5. The van der Waals surface area contributed by atoms with Gasteiger partial charge in [0.15, 0.2) is 16.8 Å². The summed E-state index contributed by atoms with van der Waals surface area (Å²) >= 11 is 1.23. The summed E-state index contributed by atoms with van der Waals surface area (Å²) in [4.78, 5) is 32.0. The van der Waals surface area contributed by atoms with E-state index in [-0.39, 0.29) is 12.1 Å². The van der Waals surface area contributed by atoms with Crippen molar-refractivity contribution in [2.75, 3.05) is 11.9 Å². The van der Waals surface area contributed by atoms with Gasteiger partial charge in [-0.25, -0.2) is 13.8 Å². The first-order valence-electron chi connectivity index (χ1n) is 7.42. The van der Waals surface area contributed by atoms with Gasteiger partial charge in [-0.15, -0.1) is 11.3 Å². The predicted octanol–water partition coefficient (Wildman–Crippen LogP) is 2.85. The Kier molecular flexibility index (Phi) is 5.28. The maximum absolute atomic E-state index is 13.1. The van der Waals surface area contributed by atoms with Crippen LogP contribution < -0.4 is 10.6 Å². The van der Waals surface area contributed by atoms with Gasteiger partial charge < -0.3 is 10.6 Å². The van der Waals surface area contributed by atoms with Gasteiger partial charge in [0.2, 0.25) is 5.91 Å². The lowest BCUT2D eigenvalue weighted by atomic mass is 10.2. The van der Waals surface area contributed by atoms with Crippen LogP contribution in [0.3, 0.4) is 0 Å². The Hall–Kier alpha value is -3.20. The van der Waals surface area contributed by atoms with Crippen LogP contribution in [0.15, 0.2) is 48.1 Å². The average Bonchev–Trinajstić information content (AvgIpc) is 3.11. The molecule has 0 bridgehead atoms. The first-order valence-corrected chi connectivity index (χ1v) is 8.30. The highest BCUT2D eigenvalue weighted by atomic mass is 32.1. The van der Waals surface area contributed by atoms with Gasteiger partial charge in [-0.2, -0.15) is 0 Å². The molecule has 0 aliphatic carbocycles. The molecule has 2 aromatic heterocycles. The van der Waals surface area contributed by atoms with Crippen LogP contribution in [0.4, 0.5) is 13.9 Å². The Morgan fingerprint density at radius 2 is 2.00 bits per heavy atom. The second-order valence-electron chi connectivity index (χ2n) is 5.14. The Labute approximate surface area is 150 Å². The van der Waals surface area contributed by atoms with Crippen LogP contribution in [0, 0.1) is 11.6 Å². The topological polar surface area (TPSA) is 84.0 Å².